The lowest BCUT2D eigenvalue weighted by Crippen LogP contribution is -2.34. The zero-order valence-electron chi connectivity index (χ0n) is 13.7. The number of benzene rings is 2. The molecule has 3 rings (SSSR count). The molecular weight excluding hydrogens is 339 g/mol. The first-order valence-electron chi connectivity index (χ1n) is 8.15. The number of nitrogens with one attached hydrogen (secondary N) is 1. The summed E-state index contributed by atoms with van der Waals surface area (Å²) in [5.41, 5.74) is 0.238. The van der Waals surface area contributed by atoms with Crippen molar-refractivity contribution in [2.45, 2.75) is 11.3 Å². The summed E-state index contributed by atoms with van der Waals surface area (Å²) in [7, 11) is 0. The number of amides is 2. The Bertz CT molecular complexity index is 754. The molecule has 4 nitrogen and oxygen atoms in total. The Morgan fingerprint density at radius 2 is 1.88 bits per heavy atom. The number of thioether (sulfide) groups is 1. The molecule has 0 radical (unpaired) electrons. The summed E-state index contributed by atoms with van der Waals surface area (Å²) in [6, 6.07) is 16.1. The molecule has 130 valence electrons. The maximum absolute atomic E-state index is 13.9. The molecule has 0 aliphatic carbocycles. The van der Waals surface area contributed by atoms with E-state index in [0.717, 1.165) is 10.6 Å². The standard InChI is InChI=1S/C19H19FN2O2S/c20-16-8-4-5-9-17(16)22-13-14(12-18(22)23)19(24)21-10-11-25-15-6-2-1-3-7-15/h1-9,14H,10-13H2,(H,21,24). The third-order valence-electron chi connectivity index (χ3n) is 4.05. The Morgan fingerprint density at radius 3 is 2.64 bits per heavy atom. The summed E-state index contributed by atoms with van der Waals surface area (Å²) in [5.74, 6) is -0.497. The summed E-state index contributed by atoms with van der Waals surface area (Å²) in [6.45, 7) is 0.750. The van der Waals surface area contributed by atoms with Gasteiger partial charge in [0, 0.05) is 30.2 Å². The minimum Gasteiger partial charge on any atom is -0.355 e. The van der Waals surface area contributed by atoms with Crippen molar-refractivity contribution in [3.63, 3.8) is 0 Å². The summed E-state index contributed by atoms with van der Waals surface area (Å²) in [4.78, 5) is 26.9. The van der Waals surface area contributed by atoms with E-state index >= 15 is 0 Å². The van der Waals surface area contributed by atoms with E-state index < -0.39 is 11.7 Å². The van der Waals surface area contributed by atoms with Gasteiger partial charge in [0.2, 0.25) is 11.8 Å². The quantitative estimate of drug-likeness (QED) is 0.638. The van der Waals surface area contributed by atoms with Crippen LogP contribution in [0.15, 0.2) is 59.5 Å². The highest BCUT2D eigenvalue weighted by atomic mass is 32.2. The van der Waals surface area contributed by atoms with E-state index in [0.29, 0.717) is 6.54 Å². The van der Waals surface area contributed by atoms with Crippen molar-refractivity contribution in [3.05, 3.63) is 60.4 Å². The van der Waals surface area contributed by atoms with Gasteiger partial charge in [-0.3, -0.25) is 9.59 Å². The maximum atomic E-state index is 13.9. The van der Waals surface area contributed by atoms with E-state index in [-0.39, 0.29) is 30.5 Å². The van der Waals surface area contributed by atoms with Crippen molar-refractivity contribution in [1.29, 1.82) is 0 Å². The Balaban J connectivity index is 1.49. The number of para-hydroxylation sites is 1. The van der Waals surface area contributed by atoms with Crippen LogP contribution in [0.4, 0.5) is 10.1 Å². The van der Waals surface area contributed by atoms with E-state index in [1.165, 1.54) is 11.0 Å². The molecule has 2 aromatic rings. The van der Waals surface area contributed by atoms with Gasteiger partial charge < -0.3 is 10.2 Å². The van der Waals surface area contributed by atoms with Crippen LogP contribution < -0.4 is 10.2 Å². The van der Waals surface area contributed by atoms with Crippen molar-refractivity contribution in [1.82, 2.24) is 5.32 Å². The minimum atomic E-state index is -0.448. The molecule has 2 amide bonds. The molecule has 1 N–H and O–H groups in total. The normalized spacial score (nSPS) is 16.9. The average molecular weight is 358 g/mol. The molecule has 0 bridgehead atoms. The molecule has 1 aliphatic rings. The molecule has 0 aromatic heterocycles. The van der Waals surface area contributed by atoms with Crippen LogP contribution >= 0.6 is 11.8 Å². The number of nitrogens with zero attached hydrogens (tertiary/aromatic N) is 1. The number of hydrogen-bond donors (Lipinski definition) is 1. The Morgan fingerprint density at radius 1 is 1.16 bits per heavy atom. The Kier molecular flexibility index (Phi) is 5.71. The van der Waals surface area contributed by atoms with Gasteiger partial charge in [0.05, 0.1) is 11.6 Å². The molecule has 1 aliphatic heterocycles. The Hall–Kier alpha value is -2.34. The molecule has 0 spiro atoms. The number of carbonyl (C=O) groups is 2. The molecule has 25 heavy (non-hydrogen) atoms. The van der Waals surface area contributed by atoms with Crippen molar-refractivity contribution in [3.8, 4) is 0 Å². The smallest absolute Gasteiger partial charge is 0.227 e. The largest absolute Gasteiger partial charge is 0.355 e. The van der Waals surface area contributed by atoms with Gasteiger partial charge in [0.25, 0.3) is 0 Å². The average Bonchev–Trinajstić information content (AvgIpc) is 3.01. The van der Waals surface area contributed by atoms with E-state index in [4.69, 9.17) is 0 Å². The van der Waals surface area contributed by atoms with Crippen molar-refractivity contribution in [2.75, 3.05) is 23.7 Å². The third kappa shape index (κ3) is 4.39. The molecule has 1 atom stereocenters. The highest BCUT2D eigenvalue weighted by Crippen LogP contribution is 2.27. The predicted octanol–water partition coefficient (Wildman–Crippen LogP) is 3.09. The van der Waals surface area contributed by atoms with Crippen LogP contribution in [0.1, 0.15) is 6.42 Å². The van der Waals surface area contributed by atoms with E-state index in [2.05, 4.69) is 5.32 Å². The second-order valence-electron chi connectivity index (χ2n) is 5.81. The zero-order valence-corrected chi connectivity index (χ0v) is 14.5. The number of anilines is 1. The molecule has 6 heteroatoms. The summed E-state index contributed by atoms with van der Waals surface area (Å²) >= 11 is 1.66. The molecule has 2 aromatic carbocycles. The first kappa shape index (κ1) is 17.5. The van der Waals surface area contributed by atoms with E-state index in [1.54, 1.807) is 30.0 Å². The fourth-order valence-electron chi connectivity index (χ4n) is 2.79. The van der Waals surface area contributed by atoms with Crippen molar-refractivity contribution in [2.24, 2.45) is 5.92 Å². The van der Waals surface area contributed by atoms with Crippen LogP contribution in [-0.2, 0) is 9.59 Å². The SMILES string of the molecule is O=C(NCCSc1ccccc1)C1CC(=O)N(c2ccccc2F)C1. The number of carbonyl (C=O) groups excluding carboxylic acids is 2. The van der Waals surface area contributed by atoms with Gasteiger partial charge in [-0.05, 0) is 24.3 Å². The third-order valence-corrected chi connectivity index (χ3v) is 5.07. The van der Waals surface area contributed by atoms with Gasteiger partial charge in [0.15, 0.2) is 0 Å². The Labute approximate surface area is 150 Å². The van der Waals surface area contributed by atoms with Crippen molar-refractivity contribution < 1.29 is 14.0 Å². The lowest BCUT2D eigenvalue weighted by atomic mass is 10.1. The van der Waals surface area contributed by atoms with Gasteiger partial charge in [-0.2, -0.15) is 0 Å². The molecular formula is C19H19FN2O2S. The zero-order chi connectivity index (χ0) is 17.6. The second-order valence-corrected chi connectivity index (χ2v) is 6.98. The van der Waals surface area contributed by atoms with Crippen LogP contribution in [-0.4, -0.2) is 30.7 Å². The number of hydrogen-bond acceptors (Lipinski definition) is 3. The van der Waals surface area contributed by atoms with Gasteiger partial charge in [0.1, 0.15) is 5.82 Å². The first-order valence-corrected chi connectivity index (χ1v) is 9.14. The molecule has 1 fully saturated rings. The molecule has 1 unspecified atom stereocenters. The minimum absolute atomic E-state index is 0.117. The highest BCUT2D eigenvalue weighted by molar-refractivity contribution is 7.99. The van der Waals surface area contributed by atoms with Gasteiger partial charge in [-0.1, -0.05) is 30.3 Å². The molecule has 0 saturated carbocycles. The van der Waals surface area contributed by atoms with Crippen LogP contribution in [0.2, 0.25) is 0 Å². The fourth-order valence-corrected chi connectivity index (χ4v) is 3.58. The van der Waals surface area contributed by atoms with Crippen molar-refractivity contribution >= 4 is 29.3 Å². The lowest BCUT2D eigenvalue weighted by Gasteiger charge is -2.17. The van der Waals surface area contributed by atoms with E-state index in [1.807, 2.05) is 30.3 Å². The fraction of sp³-hybridized carbons (Fsp3) is 0.263. The van der Waals surface area contributed by atoms with Crippen LogP contribution in [0.3, 0.4) is 0 Å². The van der Waals surface area contributed by atoms with Gasteiger partial charge in [-0.25, -0.2) is 4.39 Å². The first-order chi connectivity index (χ1) is 12.1. The van der Waals surface area contributed by atoms with Gasteiger partial charge >= 0.3 is 0 Å². The maximum Gasteiger partial charge on any atom is 0.227 e. The number of rotatable bonds is 6. The van der Waals surface area contributed by atoms with Crippen LogP contribution in [0, 0.1) is 11.7 Å². The van der Waals surface area contributed by atoms with Crippen LogP contribution in [0.5, 0.6) is 0 Å². The summed E-state index contributed by atoms with van der Waals surface area (Å²) < 4.78 is 13.9. The summed E-state index contributed by atoms with van der Waals surface area (Å²) in [5, 5.41) is 2.87. The highest BCUT2D eigenvalue weighted by Gasteiger charge is 2.35. The number of halogens is 1. The second kappa shape index (κ2) is 8.16. The monoisotopic (exact) mass is 358 g/mol. The van der Waals surface area contributed by atoms with E-state index in [9.17, 15) is 14.0 Å². The molecule has 1 saturated heterocycles. The summed E-state index contributed by atoms with van der Waals surface area (Å²) in [6.07, 6.45) is 0.117. The predicted molar refractivity (Wildman–Crippen MR) is 97.0 cm³/mol. The lowest BCUT2D eigenvalue weighted by molar-refractivity contribution is -0.126. The topological polar surface area (TPSA) is 49.4 Å². The molecule has 1 heterocycles. The van der Waals surface area contributed by atoms with Crippen LogP contribution in [0.25, 0.3) is 0 Å². The van der Waals surface area contributed by atoms with Gasteiger partial charge in [-0.15, -0.1) is 11.8 Å².